The number of rotatable bonds is 4. The summed E-state index contributed by atoms with van der Waals surface area (Å²) < 4.78 is 1.17. The summed E-state index contributed by atoms with van der Waals surface area (Å²) in [5.74, 6) is 0. The van der Waals surface area contributed by atoms with Crippen LogP contribution in [0.4, 0.5) is 5.69 Å². The predicted octanol–water partition coefficient (Wildman–Crippen LogP) is 5.79. The van der Waals surface area contributed by atoms with Gasteiger partial charge >= 0.3 is 0 Å². The van der Waals surface area contributed by atoms with E-state index in [1.165, 1.54) is 26.2 Å². The lowest BCUT2D eigenvalue weighted by atomic mass is 10.0. The van der Waals surface area contributed by atoms with Crippen LogP contribution >= 0.6 is 27.3 Å². The molecule has 0 bridgehead atoms. The quantitative estimate of drug-likeness (QED) is 0.632. The van der Waals surface area contributed by atoms with Gasteiger partial charge in [0.15, 0.2) is 0 Å². The van der Waals surface area contributed by atoms with Gasteiger partial charge in [0.25, 0.3) is 0 Å². The molecule has 0 aliphatic carbocycles. The summed E-state index contributed by atoms with van der Waals surface area (Å²) in [6.07, 6.45) is 0. The first-order valence-electron chi connectivity index (χ1n) is 6.45. The van der Waals surface area contributed by atoms with Crippen LogP contribution in [0.1, 0.15) is 4.88 Å². The average Bonchev–Trinajstić information content (AvgIpc) is 2.92. The van der Waals surface area contributed by atoms with Crippen molar-refractivity contribution in [3.8, 4) is 11.1 Å². The fourth-order valence-electron chi connectivity index (χ4n) is 2.13. The average molecular weight is 344 g/mol. The monoisotopic (exact) mass is 343 g/mol. The zero-order chi connectivity index (χ0) is 13.8. The number of hydrogen-bond acceptors (Lipinski definition) is 2. The van der Waals surface area contributed by atoms with E-state index in [0.29, 0.717) is 0 Å². The number of para-hydroxylation sites is 1. The summed E-state index contributed by atoms with van der Waals surface area (Å²) in [6.45, 7) is 0.835. The molecule has 0 atom stereocenters. The van der Waals surface area contributed by atoms with Gasteiger partial charge in [0, 0.05) is 20.6 Å². The Kier molecular flexibility index (Phi) is 4.19. The Morgan fingerprint density at radius 3 is 2.40 bits per heavy atom. The van der Waals surface area contributed by atoms with Crippen LogP contribution < -0.4 is 5.32 Å². The first kappa shape index (κ1) is 13.4. The molecule has 0 aliphatic heterocycles. The SMILES string of the molecule is Brc1ccsc1CNc1ccccc1-c1ccccc1. The number of anilines is 1. The minimum Gasteiger partial charge on any atom is -0.380 e. The second kappa shape index (κ2) is 6.25. The summed E-state index contributed by atoms with van der Waals surface area (Å²) in [5.41, 5.74) is 3.64. The predicted molar refractivity (Wildman–Crippen MR) is 91.2 cm³/mol. The number of thiophene rings is 1. The molecule has 3 heteroatoms. The van der Waals surface area contributed by atoms with Crippen molar-refractivity contribution in [1.29, 1.82) is 0 Å². The standard InChI is InChI=1S/C17H14BrNS/c18-15-10-11-20-17(15)12-19-16-9-5-4-8-14(16)13-6-2-1-3-7-13/h1-11,19H,12H2. The highest BCUT2D eigenvalue weighted by molar-refractivity contribution is 9.10. The van der Waals surface area contributed by atoms with Gasteiger partial charge in [0.1, 0.15) is 0 Å². The van der Waals surface area contributed by atoms with Crippen molar-refractivity contribution >= 4 is 33.0 Å². The van der Waals surface area contributed by atoms with E-state index in [-0.39, 0.29) is 0 Å². The molecule has 20 heavy (non-hydrogen) atoms. The minimum absolute atomic E-state index is 0.835. The van der Waals surface area contributed by atoms with Gasteiger partial charge in [-0.2, -0.15) is 0 Å². The second-order valence-corrected chi connectivity index (χ2v) is 6.31. The Balaban J connectivity index is 1.85. The minimum atomic E-state index is 0.835. The van der Waals surface area contributed by atoms with Crippen LogP contribution in [0, 0.1) is 0 Å². The Morgan fingerprint density at radius 2 is 1.65 bits per heavy atom. The molecular weight excluding hydrogens is 330 g/mol. The number of halogens is 1. The molecule has 100 valence electrons. The molecule has 3 aromatic rings. The van der Waals surface area contributed by atoms with Crippen LogP contribution in [0.3, 0.4) is 0 Å². The lowest BCUT2D eigenvalue weighted by molar-refractivity contribution is 1.18. The van der Waals surface area contributed by atoms with Crippen molar-refractivity contribution in [2.75, 3.05) is 5.32 Å². The summed E-state index contributed by atoms with van der Waals surface area (Å²) in [5, 5.41) is 5.64. The Morgan fingerprint density at radius 1 is 0.900 bits per heavy atom. The van der Waals surface area contributed by atoms with Crippen LogP contribution in [-0.2, 0) is 6.54 Å². The van der Waals surface area contributed by atoms with Crippen molar-refractivity contribution in [3.63, 3.8) is 0 Å². The van der Waals surface area contributed by atoms with Gasteiger partial charge in [-0.1, -0.05) is 48.5 Å². The molecule has 1 aromatic heterocycles. The van der Waals surface area contributed by atoms with Gasteiger partial charge in [-0.3, -0.25) is 0 Å². The molecule has 0 unspecified atom stereocenters. The molecule has 3 rings (SSSR count). The van der Waals surface area contributed by atoms with Gasteiger partial charge in [-0.15, -0.1) is 11.3 Å². The molecule has 0 radical (unpaired) electrons. The number of hydrogen-bond donors (Lipinski definition) is 1. The summed E-state index contributed by atoms with van der Waals surface area (Å²) in [7, 11) is 0. The maximum atomic E-state index is 3.57. The van der Waals surface area contributed by atoms with E-state index in [1.54, 1.807) is 11.3 Å². The van der Waals surface area contributed by atoms with Crippen LogP contribution in [0.5, 0.6) is 0 Å². The van der Waals surface area contributed by atoms with Gasteiger partial charge in [0.05, 0.1) is 6.54 Å². The fraction of sp³-hybridized carbons (Fsp3) is 0.0588. The summed E-state index contributed by atoms with van der Waals surface area (Å²) in [6, 6.07) is 21.0. The van der Waals surface area contributed by atoms with Crippen molar-refractivity contribution in [2.45, 2.75) is 6.54 Å². The normalized spacial score (nSPS) is 10.4. The maximum Gasteiger partial charge on any atom is 0.0505 e. The topological polar surface area (TPSA) is 12.0 Å². The first-order chi connectivity index (χ1) is 9.84. The molecule has 0 aliphatic rings. The zero-order valence-corrected chi connectivity index (χ0v) is 13.2. The third kappa shape index (κ3) is 2.94. The molecule has 0 fully saturated rings. The highest BCUT2D eigenvalue weighted by Gasteiger charge is 2.05. The van der Waals surface area contributed by atoms with Crippen molar-refractivity contribution in [3.05, 3.63) is 75.4 Å². The van der Waals surface area contributed by atoms with Crippen LogP contribution in [-0.4, -0.2) is 0 Å². The lowest BCUT2D eigenvalue weighted by Crippen LogP contribution is -1.99. The maximum absolute atomic E-state index is 3.57. The molecule has 2 aromatic carbocycles. The van der Waals surface area contributed by atoms with E-state index >= 15 is 0 Å². The van der Waals surface area contributed by atoms with Crippen molar-refractivity contribution in [1.82, 2.24) is 0 Å². The summed E-state index contributed by atoms with van der Waals surface area (Å²) in [4.78, 5) is 1.31. The first-order valence-corrected chi connectivity index (χ1v) is 8.12. The molecular formula is C17H14BrNS. The largest absolute Gasteiger partial charge is 0.380 e. The second-order valence-electron chi connectivity index (χ2n) is 4.46. The smallest absolute Gasteiger partial charge is 0.0505 e. The van der Waals surface area contributed by atoms with Gasteiger partial charge in [-0.25, -0.2) is 0 Å². The molecule has 1 N–H and O–H groups in total. The highest BCUT2D eigenvalue weighted by Crippen LogP contribution is 2.29. The Labute approximate surface area is 131 Å². The molecule has 0 amide bonds. The van der Waals surface area contributed by atoms with Crippen molar-refractivity contribution < 1.29 is 0 Å². The molecule has 1 heterocycles. The van der Waals surface area contributed by atoms with E-state index in [9.17, 15) is 0 Å². The van der Waals surface area contributed by atoms with Gasteiger partial charge < -0.3 is 5.32 Å². The van der Waals surface area contributed by atoms with E-state index in [0.717, 1.165) is 6.54 Å². The van der Waals surface area contributed by atoms with Gasteiger partial charge in [-0.05, 0) is 39.0 Å². The van der Waals surface area contributed by atoms with Crippen LogP contribution in [0.15, 0.2) is 70.5 Å². The fourth-order valence-corrected chi connectivity index (χ4v) is 3.57. The molecule has 0 saturated carbocycles. The van der Waals surface area contributed by atoms with E-state index in [1.807, 2.05) is 6.07 Å². The third-order valence-electron chi connectivity index (χ3n) is 3.14. The Bertz CT molecular complexity index is 691. The highest BCUT2D eigenvalue weighted by atomic mass is 79.9. The number of benzene rings is 2. The van der Waals surface area contributed by atoms with Gasteiger partial charge in [0.2, 0.25) is 0 Å². The van der Waals surface area contributed by atoms with E-state index < -0.39 is 0 Å². The lowest BCUT2D eigenvalue weighted by Gasteiger charge is -2.12. The van der Waals surface area contributed by atoms with Crippen LogP contribution in [0.25, 0.3) is 11.1 Å². The van der Waals surface area contributed by atoms with E-state index in [2.05, 4.69) is 81.2 Å². The molecule has 0 spiro atoms. The van der Waals surface area contributed by atoms with E-state index in [4.69, 9.17) is 0 Å². The van der Waals surface area contributed by atoms with Crippen molar-refractivity contribution in [2.24, 2.45) is 0 Å². The Hall–Kier alpha value is -1.58. The molecule has 0 saturated heterocycles. The zero-order valence-electron chi connectivity index (χ0n) is 10.8. The third-order valence-corrected chi connectivity index (χ3v) is 5.07. The van der Waals surface area contributed by atoms with Crippen LogP contribution in [0.2, 0.25) is 0 Å². The summed E-state index contributed by atoms with van der Waals surface area (Å²) >= 11 is 5.33. The number of nitrogens with one attached hydrogen (secondary N) is 1. The molecule has 1 nitrogen and oxygen atoms in total.